The van der Waals surface area contributed by atoms with E-state index in [0.29, 0.717) is 0 Å². The average Bonchev–Trinajstić information content (AvgIpc) is 2.28. The highest BCUT2D eigenvalue weighted by Crippen LogP contribution is 2.36. The van der Waals surface area contributed by atoms with E-state index < -0.39 is 23.6 Å². The van der Waals surface area contributed by atoms with Crippen LogP contribution in [-0.2, 0) is 4.79 Å². The van der Waals surface area contributed by atoms with Gasteiger partial charge in [0.1, 0.15) is 5.76 Å². The van der Waals surface area contributed by atoms with Crippen LogP contribution in [0.3, 0.4) is 0 Å². The van der Waals surface area contributed by atoms with Gasteiger partial charge in [0.15, 0.2) is 0 Å². The van der Waals surface area contributed by atoms with Gasteiger partial charge in [-0.25, -0.2) is 0 Å². The highest BCUT2D eigenvalue weighted by atomic mass is 19.4. The largest absolute Gasteiger partial charge is 0.507 e. The van der Waals surface area contributed by atoms with Crippen molar-refractivity contribution in [2.45, 2.75) is 12.1 Å². The molecule has 1 rings (SSSR count). The predicted octanol–water partition coefficient (Wildman–Crippen LogP) is 2.75. The van der Waals surface area contributed by atoms with Crippen LogP contribution in [0.25, 0.3) is 5.76 Å². The van der Waals surface area contributed by atoms with E-state index in [1.165, 1.54) is 18.3 Å². The zero-order valence-electron chi connectivity index (χ0n) is 8.58. The zero-order valence-corrected chi connectivity index (χ0v) is 8.58. The van der Waals surface area contributed by atoms with Crippen molar-refractivity contribution >= 4 is 11.5 Å². The van der Waals surface area contributed by atoms with Gasteiger partial charge in [-0.3, -0.25) is 9.78 Å². The lowest BCUT2D eigenvalue weighted by Gasteiger charge is -2.16. The second-order valence-electron chi connectivity index (χ2n) is 3.21. The summed E-state index contributed by atoms with van der Waals surface area (Å²) in [5.74, 6) is -9.10. The van der Waals surface area contributed by atoms with Crippen molar-refractivity contribution in [1.29, 1.82) is 0 Å². The Hall–Kier alpha value is -1.99. The van der Waals surface area contributed by atoms with E-state index in [1.54, 1.807) is 0 Å². The molecule has 98 valence electrons. The summed E-state index contributed by atoms with van der Waals surface area (Å²) in [4.78, 5) is 14.3. The molecule has 1 aromatic rings. The van der Waals surface area contributed by atoms with E-state index >= 15 is 0 Å². The topological polar surface area (TPSA) is 50.2 Å². The van der Waals surface area contributed by atoms with Crippen molar-refractivity contribution in [2.24, 2.45) is 0 Å². The number of hydrogen-bond acceptors (Lipinski definition) is 3. The minimum absolute atomic E-state index is 0.149. The maximum absolute atomic E-state index is 12.6. The van der Waals surface area contributed by atoms with Gasteiger partial charge in [-0.2, -0.15) is 22.0 Å². The number of aliphatic hydroxyl groups is 1. The molecular weight excluding hydrogens is 261 g/mol. The van der Waals surface area contributed by atoms with Crippen LogP contribution >= 0.6 is 0 Å². The third-order valence-corrected chi connectivity index (χ3v) is 1.89. The molecule has 1 N–H and O–H groups in total. The first kappa shape index (κ1) is 14.1. The molecule has 0 amide bonds. The Morgan fingerprint density at radius 1 is 1.28 bits per heavy atom. The van der Waals surface area contributed by atoms with Crippen LogP contribution in [-0.4, -0.2) is 28.0 Å². The van der Waals surface area contributed by atoms with Crippen molar-refractivity contribution in [3.05, 3.63) is 36.2 Å². The van der Waals surface area contributed by atoms with E-state index in [-0.39, 0.29) is 11.6 Å². The highest BCUT2D eigenvalue weighted by molar-refractivity contribution is 6.00. The first-order valence-corrected chi connectivity index (χ1v) is 4.46. The van der Waals surface area contributed by atoms with E-state index in [0.717, 1.165) is 6.20 Å². The third-order valence-electron chi connectivity index (χ3n) is 1.89. The van der Waals surface area contributed by atoms with E-state index in [1.807, 2.05) is 0 Å². The van der Waals surface area contributed by atoms with E-state index in [2.05, 4.69) is 4.98 Å². The Morgan fingerprint density at radius 2 is 1.89 bits per heavy atom. The summed E-state index contributed by atoms with van der Waals surface area (Å²) in [5, 5.41) is 9.22. The Morgan fingerprint density at radius 3 is 2.33 bits per heavy atom. The molecule has 0 saturated heterocycles. The summed E-state index contributed by atoms with van der Waals surface area (Å²) in [7, 11) is 0. The molecule has 0 bridgehead atoms. The number of aromatic nitrogens is 1. The molecule has 0 saturated carbocycles. The quantitative estimate of drug-likeness (QED) is 0.520. The summed E-state index contributed by atoms with van der Waals surface area (Å²) in [6, 6.07) is 2.50. The number of carbonyl (C=O) groups excluding carboxylic acids is 1. The van der Waals surface area contributed by atoms with Gasteiger partial charge < -0.3 is 5.11 Å². The molecule has 0 aliphatic heterocycles. The lowest BCUT2D eigenvalue weighted by molar-refractivity contribution is -0.266. The first-order chi connectivity index (χ1) is 8.16. The number of hydrogen-bond donors (Lipinski definition) is 1. The van der Waals surface area contributed by atoms with E-state index in [9.17, 15) is 31.9 Å². The number of aliphatic hydroxyl groups excluding tert-OH is 1. The minimum Gasteiger partial charge on any atom is -0.507 e. The summed E-state index contributed by atoms with van der Waals surface area (Å²) >= 11 is 0. The molecule has 3 nitrogen and oxygen atoms in total. The van der Waals surface area contributed by atoms with Crippen LogP contribution in [0.15, 0.2) is 30.6 Å². The Kier molecular flexibility index (Phi) is 3.68. The highest BCUT2D eigenvalue weighted by Gasteiger charge is 2.62. The summed E-state index contributed by atoms with van der Waals surface area (Å²) in [6.07, 6.45) is -3.88. The van der Waals surface area contributed by atoms with Gasteiger partial charge in [-0.15, -0.1) is 0 Å². The fourth-order valence-electron chi connectivity index (χ4n) is 0.952. The second kappa shape index (κ2) is 4.71. The summed E-state index contributed by atoms with van der Waals surface area (Å²) in [6.45, 7) is 0. The number of pyridine rings is 1. The predicted molar refractivity (Wildman–Crippen MR) is 50.9 cm³/mol. The molecule has 8 heteroatoms. The minimum atomic E-state index is -6.00. The number of nitrogens with zero attached hydrogens (tertiary/aromatic N) is 1. The third kappa shape index (κ3) is 2.82. The van der Waals surface area contributed by atoms with Crippen molar-refractivity contribution in [3.8, 4) is 0 Å². The zero-order chi connectivity index (χ0) is 14.0. The maximum Gasteiger partial charge on any atom is 0.461 e. The molecule has 0 aliphatic rings. The smallest absolute Gasteiger partial charge is 0.461 e. The molecule has 1 aromatic heterocycles. The van der Waals surface area contributed by atoms with Crippen molar-refractivity contribution < 1.29 is 31.9 Å². The molecule has 0 spiro atoms. The first-order valence-electron chi connectivity index (χ1n) is 4.46. The second-order valence-corrected chi connectivity index (χ2v) is 3.21. The molecule has 0 atom stereocenters. The number of rotatable bonds is 3. The normalized spacial score (nSPS) is 13.5. The average molecular weight is 267 g/mol. The molecule has 1 heterocycles. The van der Waals surface area contributed by atoms with Gasteiger partial charge in [0, 0.05) is 24.0 Å². The number of ketones is 1. The molecule has 18 heavy (non-hydrogen) atoms. The SMILES string of the molecule is O=C(/C=C(\O)c1cccnc1)C(F)(F)C(F)(F)F. The fraction of sp³-hybridized carbons (Fsp3) is 0.200. The van der Waals surface area contributed by atoms with Crippen LogP contribution in [0.1, 0.15) is 5.56 Å². The van der Waals surface area contributed by atoms with Gasteiger partial charge in [0.25, 0.3) is 0 Å². The van der Waals surface area contributed by atoms with Crippen LogP contribution in [0.2, 0.25) is 0 Å². The van der Waals surface area contributed by atoms with Crippen LogP contribution in [0.4, 0.5) is 22.0 Å². The monoisotopic (exact) mass is 267 g/mol. The Labute approximate surface area is 97.6 Å². The molecular formula is C10H6F5NO2. The molecule has 0 unspecified atom stereocenters. The fourth-order valence-corrected chi connectivity index (χ4v) is 0.952. The lowest BCUT2D eigenvalue weighted by atomic mass is 10.1. The lowest BCUT2D eigenvalue weighted by Crippen LogP contribution is -2.43. The van der Waals surface area contributed by atoms with Crippen molar-refractivity contribution in [2.75, 3.05) is 0 Å². The number of carbonyl (C=O) groups is 1. The van der Waals surface area contributed by atoms with Crippen LogP contribution in [0, 0.1) is 0 Å². The molecule has 0 aliphatic carbocycles. The number of alkyl halides is 5. The van der Waals surface area contributed by atoms with Crippen molar-refractivity contribution in [1.82, 2.24) is 4.98 Å². The van der Waals surface area contributed by atoms with Gasteiger partial charge in [0.05, 0.1) is 0 Å². The summed E-state index contributed by atoms with van der Waals surface area (Å²) in [5.41, 5.74) is -0.149. The number of allylic oxidation sites excluding steroid dienone is 1. The van der Waals surface area contributed by atoms with Gasteiger partial charge in [-0.1, -0.05) is 0 Å². The van der Waals surface area contributed by atoms with Gasteiger partial charge >= 0.3 is 12.1 Å². The van der Waals surface area contributed by atoms with Gasteiger partial charge in [-0.05, 0) is 12.1 Å². The standard InChI is InChI=1S/C10H6F5NO2/c11-9(12,10(13,14)15)8(18)4-7(17)6-2-1-3-16-5-6/h1-5,17H/b7-4-. The molecule has 0 aromatic carbocycles. The van der Waals surface area contributed by atoms with Crippen molar-refractivity contribution in [3.63, 3.8) is 0 Å². The van der Waals surface area contributed by atoms with Gasteiger partial charge in [0.2, 0.25) is 5.78 Å². The summed E-state index contributed by atoms with van der Waals surface area (Å²) < 4.78 is 60.6. The molecule has 0 radical (unpaired) electrons. The molecule has 0 fully saturated rings. The van der Waals surface area contributed by atoms with E-state index in [4.69, 9.17) is 0 Å². The van der Waals surface area contributed by atoms with Crippen LogP contribution in [0.5, 0.6) is 0 Å². The van der Waals surface area contributed by atoms with Crippen LogP contribution < -0.4 is 0 Å². The Balaban J connectivity index is 3.01. The Bertz CT molecular complexity index is 467. The maximum atomic E-state index is 12.6. The number of halogens is 5.